The lowest BCUT2D eigenvalue weighted by molar-refractivity contribution is -0.119. The van der Waals surface area contributed by atoms with Gasteiger partial charge >= 0.3 is 0 Å². The molecule has 1 N–H and O–H groups in total. The highest BCUT2D eigenvalue weighted by Crippen LogP contribution is 2.26. The lowest BCUT2D eigenvalue weighted by Crippen LogP contribution is -2.44. The number of carbonyl (C=O) groups is 2. The molecule has 0 bridgehead atoms. The minimum Gasteiger partial charge on any atom is -0.324 e. The molecule has 2 heterocycles. The molecule has 0 aliphatic carbocycles. The van der Waals surface area contributed by atoms with Crippen LogP contribution in [-0.2, 0) is 4.79 Å². The van der Waals surface area contributed by atoms with Gasteiger partial charge in [0.2, 0.25) is 5.91 Å². The minimum absolute atomic E-state index is 0.0643. The van der Waals surface area contributed by atoms with Crippen LogP contribution >= 0.6 is 23.1 Å². The molecule has 120 valence electrons. The van der Waals surface area contributed by atoms with Crippen LogP contribution in [0.4, 0.5) is 5.69 Å². The fraction of sp³-hybridized carbons (Fsp3) is 0.294. The highest BCUT2D eigenvalue weighted by Gasteiger charge is 2.35. The smallest absolute Gasteiger partial charge is 0.265 e. The molecule has 1 aliphatic rings. The number of amides is 2. The predicted octanol–water partition coefficient (Wildman–Crippen LogP) is 3.52. The van der Waals surface area contributed by atoms with Gasteiger partial charge < -0.3 is 10.2 Å². The average Bonchev–Trinajstić information content (AvgIpc) is 3.17. The van der Waals surface area contributed by atoms with Gasteiger partial charge in [0.25, 0.3) is 5.91 Å². The zero-order chi connectivity index (χ0) is 16.4. The summed E-state index contributed by atoms with van der Waals surface area (Å²) in [5.41, 5.74) is 2.99. The Hall–Kier alpha value is -1.79. The topological polar surface area (TPSA) is 49.4 Å². The molecule has 2 amide bonds. The summed E-state index contributed by atoms with van der Waals surface area (Å²) in [4.78, 5) is 27.5. The van der Waals surface area contributed by atoms with Crippen LogP contribution in [0.3, 0.4) is 0 Å². The monoisotopic (exact) mass is 346 g/mol. The number of nitrogens with one attached hydrogen (secondary N) is 1. The van der Waals surface area contributed by atoms with E-state index >= 15 is 0 Å². The maximum absolute atomic E-state index is 12.6. The third-order valence-electron chi connectivity index (χ3n) is 3.67. The van der Waals surface area contributed by atoms with Crippen LogP contribution in [0.15, 0.2) is 35.7 Å². The molecule has 1 saturated heterocycles. The van der Waals surface area contributed by atoms with Gasteiger partial charge in [0, 0.05) is 11.4 Å². The number of hydrogen-bond donors (Lipinski definition) is 1. The maximum atomic E-state index is 12.6. The molecule has 4 nitrogen and oxygen atoms in total. The molecule has 0 saturated carbocycles. The zero-order valence-corrected chi connectivity index (χ0v) is 14.7. The number of thiophene rings is 1. The molecule has 1 fully saturated rings. The summed E-state index contributed by atoms with van der Waals surface area (Å²) in [6, 6.07) is 9.18. The molecular weight excluding hydrogens is 328 g/mol. The summed E-state index contributed by atoms with van der Waals surface area (Å²) in [6.07, 6.45) is 0. The summed E-state index contributed by atoms with van der Waals surface area (Å²) in [6.45, 7) is 4.00. The lowest BCUT2D eigenvalue weighted by atomic mass is 10.1. The molecule has 2 aromatic rings. The van der Waals surface area contributed by atoms with E-state index in [2.05, 4.69) is 11.4 Å². The van der Waals surface area contributed by atoms with Crippen LogP contribution in [0.2, 0.25) is 0 Å². The number of rotatable bonds is 3. The van der Waals surface area contributed by atoms with Crippen LogP contribution in [-0.4, -0.2) is 34.4 Å². The first-order valence-corrected chi connectivity index (χ1v) is 9.39. The summed E-state index contributed by atoms with van der Waals surface area (Å²) in [5.74, 6) is 1.01. The van der Waals surface area contributed by atoms with Crippen molar-refractivity contribution in [2.75, 3.05) is 16.9 Å². The fourth-order valence-corrected chi connectivity index (χ4v) is 4.51. The standard InChI is InChI=1S/C17H18N2O2S2/c1-11-6-12(2)8-13(7-11)18-16(20)14-9-22-10-19(14)17(21)15-4-3-5-23-15/h3-8,14H,9-10H2,1-2H3,(H,18,20). The number of anilines is 1. The SMILES string of the molecule is Cc1cc(C)cc(NC(=O)C2CSCN2C(=O)c2cccs2)c1. The maximum Gasteiger partial charge on any atom is 0.265 e. The molecule has 1 aliphatic heterocycles. The molecular formula is C17H18N2O2S2. The van der Waals surface area contributed by atoms with Crippen molar-refractivity contribution < 1.29 is 9.59 Å². The Kier molecular flexibility index (Phi) is 4.73. The molecule has 3 rings (SSSR count). The number of carbonyl (C=O) groups excluding carboxylic acids is 2. The second kappa shape index (κ2) is 6.76. The van der Waals surface area contributed by atoms with Gasteiger partial charge in [-0.1, -0.05) is 12.1 Å². The molecule has 1 aromatic heterocycles. The number of nitrogens with zero attached hydrogens (tertiary/aromatic N) is 1. The van der Waals surface area contributed by atoms with Crippen molar-refractivity contribution in [2.24, 2.45) is 0 Å². The van der Waals surface area contributed by atoms with Crippen molar-refractivity contribution in [3.63, 3.8) is 0 Å². The summed E-state index contributed by atoms with van der Waals surface area (Å²) >= 11 is 3.02. The average molecular weight is 346 g/mol. The van der Waals surface area contributed by atoms with Crippen molar-refractivity contribution in [3.8, 4) is 0 Å². The first-order chi connectivity index (χ1) is 11.0. The zero-order valence-electron chi connectivity index (χ0n) is 13.0. The highest BCUT2D eigenvalue weighted by molar-refractivity contribution is 7.99. The number of aryl methyl sites for hydroxylation is 2. The number of hydrogen-bond acceptors (Lipinski definition) is 4. The Morgan fingerprint density at radius 1 is 1.22 bits per heavy atom. The van der Waals surface area contributed by atoms with Gasteiger partial charge in [-0.05, 0) is 48.6 Å². The molecule has 1 unspecified atom stereocenters. The van der Waals surface area contributed by atoms with E-state index in [1.54, 1.807) is 22.7 Å². The van der Waals surface area contributed by atoms with E-state index in [0.29, 0.717) is 16.5 Å². The van der Waals surface area contributed by atoms with E-state index < -0.39 is 6.04 Å². The van der Waals surface area contributed by atoms with Crippen molar-refractivity contribution in [1.29, 1.82) is 0 Å². The first kappa shape index (κ1) is 16.1. The quantitative estimate of drug-likeness (QED) is 0.925. The van der Waals surface area contributed by atoms with Crippen LogP contribution < -0.4 is 5.32 Å². The van der Waals surface area contributed by atoms with Crippen LogP contribution in [0.5, 0.6) is 0 Å². The highest BCUT2D eigenvalue weighted by atomic mass is 32.2. The largest absolute Gasteiger partial charge is 0.324 e. The minimum atomic E-state index is -0.421. The number of thioether (sulfide) groups is 1. The van der Waals surface area contributed by atoms with Gasteiger partial charge in [-0.2, -0.15) is 0 Å². The van der Waals surface area contributed by atoms with Gasteiger partial charge in [-0.3, -0.25) is 9.59 Å². The van der Waals surface area contributed by atoms with E-state index in [4.69, 9.17) is 0 Å². The lowest BCUT2D eigenvalue weighted by Gasteiger charge is -2.22. The van der Waals surface area contributed by atoms with Crippen molar-refractivity contribution in [2.45, 2.75) is 19.9 Å². The van der Waals surface area contributed by atoms with Crippen molar-refractivity contribution in [1.82, 2.24) is 4.90 Å². The Morgan fingerprint density at radius 3 is 2.61 bits per heavy atom. The number of benzene rings is 1. The Labute approximate surface area is 143 Å². The van der Waals surface area contributed by atoms with Gasteiger partial charge in [0.15, 0.2) is 0 Å². The summed E-state index contributed by atoms with van der Waals surface area (Å²) in [5, 5.41) is 4.83. The summed E-state index contributed by atoms with van der Waals surface area (Å²) in [7, 11) is 0. The second-order valence-electron chi connectivity index (χ2n) is 5.63. The third-order valence-corrected chi connectivity index (χ3v) is 5.54. The Morgan fingerprint density at radius 2 is 1.96 bits per heavy atom. The van der Waals surface area contributed by atoms with E-state index in [0.717, 1.165) is 16.8 Å². The van der Waals surface area contributed by atoms with E-state index in [9.17, 15) is 9.59 Å². The van der Waals surface area contributed by atoms with Crippen LogP contribution in [0, 0.1) is 13.8 Å². The molecule has 6 heteroatoms. The molecule has 1 aromatic carbocycles. The normalized spacial score (nSPS) is 17.3. The van der Waals surface area contributed by atoms with Crippen LogP contribution in [0.1, 0.15) is 20.8 Å². The Bertz CT molecular complexity index is 708. The van der Waals surface area contributed by atoms with Gasteiger partial charge in [-0.25, -0.2) is 0 Å². The first-order valence-electron chi connectivity index (χ1n) is 7.36. The van der Waals surface area contributed by atoms with E-state index in [1.807, 2.05) is 37.4 Å². The molecule has 1 atom stereocenters. The Balaban J connectivity index is 1.74. The van der Waals surface area contributed by atoms with Gasteiger partial charge in [-0.15, -0.1) is 23.1 Å². The second-order valence-corrected chi connectivity index (χ2v) is 7.58. The van der Waals surface area contributed by atoms with E-state index in [1.165, 1.54) is 11.3 Å². The fourth-order valence-electron chi connectivity index (χ4n) is 2.67. The molecule has 23 heavy (non-hydrogen) atoms. The van der Waals surface area contributed by atoms with Crippen molar-refractivity contribution in [3.05, 3.63) is 51.7 Å². The van der Waals surface area contributed by atoms with Crippen LogP contribution in [0.25, 0.3) is 0 Å². The van der Waals surface area contributed by atoms with Crippen molar-refractivity contribution >= 4 is 40.6 Å². The third kappa shape index (κ3) is 3.59. The van der Waals surface area contributed by atoms with Gasteiger partial charge in [0.1, 0.15) is 6.04 Å². The molecule has 0 spiro atoms. The predicted molar refractivity (Wildman–Crippen MR) is 96.1 cm³/mol. The molecule has 0 radical (unpaired) electrons. The van der Waals surface area contributed by atoms with Gasteiger partial charge in [0.05, 0.1) is 10.8 Å². The van der Waals surface area contributed by atoms with E-state index in [-0.39, 0.29) is 11.8 Å². The summed E-state index contributed by atoms with van der Waals surface area (Å²) < 4.78 is 0.